The first-order valence-electron chi connectivity index (χ1n) is 12.0. The van der Waals surface area contributed by atoms with E-state index in [4.69, 9.17) is 11.6 Å². The lowest BCUT2D eigenvalue weighted by molar-refractivity contribution is 0.101. The number of benzene rings is 1. The number of anilines is 2. The molecular weight excluding hydrogens is 478 g/mol. The first kappa shape index (κ1) is 24.0. The summed E-state index contributed by atoms with van der Waals surface area (Å²) >= 11 is 5.97. The van der Waals surface area contributed by atoms with Crippen LogP contribution in [0.5, 0.6) is 0 Å². The maximum Gasteiger partial charge on any atom is 0.350 e. The normalized spacial score (nSPS) is 15.6. The topological polar surface area (TPSA) is 92.3 Å². The number of rotatable bonds is 7. The number of hydrogen-bond donors (Lipinski definition) is 1. The van der Waals surface area contributed by atoms with Gasteiger partial charge in [0.15, 0.2) is 0 Å². The van der Waals surface area contributed by atoms with Crippen molar-refractivity contribution in [1.82, 2.24) is 24.3 Å². The van der Waals surface area contributed by atoms with Gasteiger partial charge in [-0.2, -0.15) is 5.10 Å². The van der Waals surface area contributed by atoms with Gasteiger partial charge in [0.25, 0.3) is 0 Å². The summed E-state index contributed by atoms with van der Waals surface area (Å²) in [7, 11) is 0. The molecule has 186 valence electrons. The van der Waals surface area contributed by atoms with E-state index in [2.05, 4.69) is 24.9 Å². The second-order valence-electron chi connectivity index (χ2n) is 8.74. The largest absolute Gasteiger partial charge is 0.386 e. The number of aliphatic hydroxyl groups excluding tert-OH is 1. The Morgan fingerprint density at radius 1 is 0.944 bits per heavy atom. The van der Waals surface area contributed by atoms with Gasteiger partial charge in [0.2, 0.25) is 0 Å². The molecule has 1 N–H and O–H groups in total. The summed E-state index contributed by atoms with van der Waals surface area (Å²) < 4.78 is 2.79. The fourth-order valence-corrected chi connectivity index (χ4v) is 4.67. The van der Waals surface area contributed by atoms with Gasteiger partial charge in [-0.15, -0.1) is 0 Å². The van der Waals surface area contributed by atoms with Gasteiger partial charge < -0.3 is 14.9 Å². The van der Waals surface area contributed by atoms with Crippen LogP contribution in [0, 0.1) is 0 Å². The van der Waals surface area contributed by atoms with Crippen molar-refractivity contribution >= 4 is 23.2 Å². The molecule has 1 aliphatic rings. The number of halogens is 1. The summed E-state index contributed by atoms with van der Waals surface area (Å²) in [5.41, 5.74) is 0.980. The Morgan fingerprint density at radius 3 is 2.22 bits per heavy atom. The highest BCUT2D eigenvalue weighted by molar-refractivity contribution is 6.30. The highest BCUT2D eigenvalue weighted by Gasteiger charge is 2.25. The Balaban J connectivity index is 1.29. The van der Waals surface area contributed by atoms with E-state index in [9.17, 15) is 9.90 Å². The molecule has 0 aliphatic carbocycles. The predicted octanol–water partition coefficient (Wildman–Crippen LogP) is 3.49. The number of nitrogens with zero attached hydrogens (tertiary/aromatic N) is 7. The van der Waals surface area contributed by atoms with Crippen LogP contribution in [0.1, 0.15) is 31.1 Å². The Labute approximate surface area is 214 Å². The maximum atomic E-state index is 13.2. The van der Waals surface area contributed by atoms with E-state index < -0.39 is 12.1 Å². The van der Waals surface area contributed by atoms with E-state index in [1.54, 1.807) is 30.5 Å². The van der Waals surface area contributed by atoms with E-state index in [0.717, 1.165) is 37.8 Å². The van der Waals surface area contributed by atoms with Crippen LogP contribution in [0.2, 0.25) is 5.02 Å². The average Bonchev–Trinajstić information content (AvgIpc) is 3.31. The molecular formula is C26H28ClN7O2. The molecule has 5 rings (SSSR count). The zero-order chi connectivity index (χ0) is 25.1. The number of pyridine rings is 2. The molecule has 0 spiro atoms. The molecule has 1 saturated heterocycles. The van der Waals surface area contributed by atoms with Crippen LogP contribution in [0.3, 0.4) is 0 Å². The van der Waals surface area contributed by atoms with Gasteiger partial charge in [-0.25, -0.2) is 24.0 Å². The standard InChI is InChI=1S/C26H28ClN7O2/c1-2-22(25(35)19-6-8-20(27)9-7-19)34-26(36)33(18-30-34)21-10-11-24(29-17-21)32-15-13-31(14-16-32)23-5-3-4-12-28-23/h3-12,17-18,22,25,35H,2,13-16H2,1H3. The Morgan fingerprint density at radius 2 is 1.64 bits per heavy atom. The van der Waals surface area contributed by atoms with Gasteiger partial charge in [0.1, 0.15) is 24.1 Å². The van der Waals surface area contributed by atoms with Crippen LogP contribution in [-0.2, 0) is 0 Å². The summed E-state index contributed by atoms with van der Waals surface area (Å²) in [6, 6.07) is 16.2. The van der Waals surface area contributed by atoms with Crippen molar-refractivity contribution in [3.8, 4) is 5.69 Å². The maximum absolute atomic E-state index is 13.2. The Bertz CT molecular complexity index is 1330. The molecule has 1 fully saturated rings. The molecule has 1 aliphatic heterocycles. The molecule has 10 heteroatoms. The highest BCUT2D eigenvalue weighted by atomic mass is 35.5. The predicted molar refractivity (Wildman–Crippen MR) is 140 cm³/mol. The van der Waals surface area contributed by atoms with Crippen LogP contribution >= 0.6 is 11.6 Å². The monoisotopic (exact) mass is 505 g/mol. The van der Waals surface area contributed by atoms with E-state index in [0.29, 0.717) is 22.7 Å². The molecule has 9 nitrogen and oxygen atoms in total. The van der Waals surface area contributed by atoms with Gasteiger partial charge in [-0.05, 0) is 48.4 Å². The quantitative estimate of drug-likeness (QED) is 0.411. The number of piperazine rings is 1. The van der Waals surface area contributed by atoms with E-state index in [1.807, 2.05) is 43.5 Å². The van der Waals surface area contributed by atoms with Crippen LogP contribution in [-0.4, -0.2) is 55.6 Å². The molecule has 0 bridgehead atoms. The summed E-state index contributed by atoms with van der Waals surface area (Å²) in [5, 5.41) is 15.8. The molecule has 3 aromatic heterocycles. The van der Waals surface area contributed by atoms with Gasteiger partial charge in [0, 0.05) is 37.4 Å². The molecule has 0 radical (unpaired) electrons. The third-order valence-corrected chi connectivity index (χ3v) is 6.84. The van der Waals surface area contributed by atoms with E-state index in [-0.39, 0.29) is 5.69 Å². The summed E-state index contributed by atoms with van der Waals surface area (Å²) in [5.74, 6) is 1.85. The number of hydrogen-bond acceptors (Lipinski definition) is 7. The molecule has 2 atom stereocenters. The van der Waals surface area contributed by atoms with Crippen molar-refractivity contribution in [2.24, 2.45) is 0 Å². The molecule has 0 amide bonds. The minimum Gasteiger partial charge on any atom is -0.386 e. The van der Waals surface area contributed by atoms with Crippen molar-refractivity contribution in [1.29, 1.82) is 0 Å². The molecule has 4 aromatic rings. The van der Waals surface area contributed by atoms with Crippen LogP contribution in [0.25, 0.3) is 5.69 Å². The number of aromatic nitrogens is 5. The second kappa shape index (κ2) is 10.5. The minimum absolute atomic E-state index is 0.326. The summed E-state index contributed by atoms with van der Waals surface area (Å²) in [4.78, 5) is 26.7. The van der Waals surface area contributed by atoms with Crippen molar-refractivity contribution in [3.05, 3.63) is 94.4 Å². The van der Waals surface area contributed by atoms with Gasteiger partial charge in [0.05, 0.1) is 17.9 Å². The smallest absolute Gasteiger partial charge is 0.350 e. The Kier molecular flexibility index (Phi) is 7.02. The lowest BCUT2D eigenvalue weighted by Crippen LogP contribution is -2.47. The van der Waals surface area contributed by atoms with Crippen LogP contribution in [0.4, 0.5) is 11.6 Å². The molecule has 4 heterocycles. The van der Waals surface area contributed by atoms with Crippen molar-refractivity contribution in [3.63, 3.8) is 0 Å². The SMILES string of the molecule is CCC(C(O)c1ccc(Cl)cc1)n1ncn(-c2ccc(N3CCN(c4ccccn4)CC3)nc2)c1=O. The zero-order valence-corrected chi connectivity index (χ0v) is 20.7. The summed E-state index contributed by atoms with van der Waals surface area (Å²) in [6.07, 6.45) is 4.61. The fraction of sp³-hybridized carbons (Fsp3) is 0.308. The zero-order valence-electron chi connectivity index (χ0n) is 20.0. The highest BCUT2D eigenvalue weighted by Crippen LogP contribution is 2.28. The average molecular weight is 506 g/mol. The van der Waals surface area contributed by atoms with Gasteiger partial charge in [-0.1, -0.05) is 36.7 Å². The first-order chi connectivity index (χ1) is 17.5. The van der Waals surface area contributed by atoms with Crippen molar-refractivity contribution < 1.29 is 5.11 Å². The van der Waals surface area contributed by atoms with Crippen LogP contribution in [0.15, 0.2) is 78.1 Å². The van der Waals surface area contributed by atoms with Crippen molar-refractivity contribution in [2.45, 2.75) is 25.5 Å². The molecule has 1 aromatic carbocycles. The third kappa shape index (κ3) is 4.84. The first-order valence-corrected chi connectivity index (χ1v) is 12.4. The molecule has 2 unspecified atom stereocenters. The fourth-order valence-electron chi connectivity index (χ4n) is 4.55. The van der Waals surface area contributed by atoms with Gasteiger partial charge in [-0.3, -0.25) is 0 Å². The Hall–Kier alpha value is -3.69. The summed E-state index contributed by atoms with van der Waals surface area (Å²) in [6.45, 7) is 5.31. The van der Waals surface area contributed by atoms with Crippen LogP contribution < -0.4 is 15.5 Å². The van der Waals surface area contributed by atoms with Gasteiger partial charge >= 0.3 is 5.69 Å². The second-order valence-corrected chi connectivity index (χ2v) is 9.17. The lowest BCUT2D eigenvalue weighted by Gasteiger charge is -2.36. The molecule has 0 saturated carbocycles. The lowest BCUT2D eigenvalue weighted by atomic mass is 10.0. The van der Waals surface area contributed by atoms with Crippen molar-refractivity contribution in [2.75, 3.05) is 36.0 Å². The number of aliphatic hydroxyl groups is 1. The molecule has 36 heavy (non-hydrogen) atoms. The van der Waals surface area contributed by atoms with E-state index in [1.165, 1.54) is 15.6 Å². The third-order valence-electron chi connectivity index (χ3n) is 6.59. The minimum atomic E-state index is -0.890. The van der Waals surface area contributed by atoms with E-state index >= 15 is 0 Å².